The molecular formula is C11H16N2O. The molecule has 1 saturated heterocycles. The van der Waals surface area contributed by atoms with E-state index in [1.165, 1.54) is 17.5 Å². The minimum Gasteiger partial charge on any atom is -0.481 e. The predicted octanol–water partition coefficient (Wildman–Crippen LogP) is 1.48. The van der Waals surface area contributed by atoms with Gasteiger partial charge in [0.05, 0.1) is 7.11 Å². The number of ether oxygens (including phenoxy) is 1. The first-order valence-corrected chi connectivity index (χ1v) is 5.03. The van der Waals surface area contributed by atoms with Gasteiger partial charge in [0.25, 0.3) is 0 Å². The largest absolute Gasteiger partial charge is 0.481 e. The summed E-state index contributed by atoms with van der Waals surface area (Å²) in [5.74, 6) is 1.39. The Balaban J connectivity index is 2.32. The zero-order chi connectivity index (χ0) is 9.97. The van der Waals surface area contributed by atoms with E-state index in [0.717, 1.165) is 19.0 Å². The fourth-order valence-electron chi connectivity index (χ4n) is 2.10. The number of rotatable bonds is 2. The second kappa shape index (κ2) is 3.96. The van der Waals surface area contributed by atoms with Crippen LogP contribution >= 0.6 is 0 Å². The third kappa shape index (κ3) is 1.60. The summed E-state index contributed by atoms with van der Waals surface area (Å²) < 4.78 is 5.21. The summed E-state index contributed by atoms with van der Waals surface area (Å²) in [6.45, 7) is 4.28. The third-order valence-electron chi connectivity index (χ3n) is 2.89. The predicted molar refractivity (Wildman–Crippen MR) is 55.8 cm³/mol. The molecule has 2 rings (SSSR count). The first-order valence-electron chi connectivity index (χ1n) is 5.03. The second-order valence-electron chi connectivity index (χ2n) is 3.72. The first-order chi connectivity index (χ1) is 6.83. The highest BCUT2D eigenvalue weighted by Gasteiger charge is 2.19. The minimum atomic E-state index is 0.631. The Morgan fingerprint density at radius 3 is 3.07 bits per heavy atom. The standard InChI is InChI=1S/C11H16N2O/c1-8-10(9-3-5-12-7-9)4-6-13-11(8)14-2/h4,6,9,12H,3,5,7H2,1-2H3/t9-/m1/s1. The number of aromatic nitrogens is 1. The molecule has 76 valence electrons. The molecule has 3 heteroatoms. The molecule has 1 aliphatic heterocycles. The Morgan fingerprint density at radius 2 is 2.43 bits per heavy atom. The summed E-state index contributed by atoms with van der Waals surface area (Å²) in [5.41, 5.74) is 2.56. The Labute approximate surface area is 84.5 Å². The highest BCUT2D eigenvalue weighted by Crippen LogP contribution is 2.28. The number of nitrogens with one attached hydrogen (secondary N) is 1. The molecule has 1 aromatic heterocycles. The van der Waals surface area contributed by atoms with Gasteiger partial charge in [-0.1, -0.05) is 0 Å². The normalized spacial score (nSPS) is 21.1. The molecule has 1 fully saturated rings. The van der Waals surface area contributed by atoms with Crippen molar-refractivity contribution in [1.82, 2.24) is 10.3 Å². The van der Waals surface area contributed by atoms with Crippen LogP contribution in [0.3, 0.4) is 0 Å². The summed E-state index contributed by atoms with van der Waals surface area (Å²) in [6, 6.07) is 2.11. The van der Waals surface area contributed by atoms with Crippen LogP contribution in [0.15, 0.2) is 12.3 Å². The summed E-state index contributed by atoms with van der Waals surface area (Å²) in [4.78, 5) is 4.19. The smallest absolute Gasteiger partial charge is 0.216 e. The summed E-state index contributed by atoms with van der Waals surface area (Å²) >= 11 is 0. The lowest BCUT2D eigenvalue weighted by molar-refractivity contribution is 0.393. The van der Waals surface area contributed by atoms with E-state index in [0.29, 0.717) is 5.92 Å². The molecule has 0 radical (unpaired) electrons. The molecule has 2 heterocycles. The van der Waals surface area contributed by atoms with Crippen molar-refractivity contribution in [2.45, 2.75) is 19.3 Å². The molecule has 0 unspecified atom stereocenters. The minimum absolute atomic E-state index is 0.631. The van der Waals surface area contributed by atoms with Crippen molar-refractivity contribution < 1.29 is 4.74 Å². The van der Waals surface area contributed by atoms with Crippen molar-refractivity contribution >= 4 is 0 Å². The van der Waals surface area contributed by atoms with Crippen LogP contribution in [0.4, 0.5) is 0 Å². The van der Waals surface area contributed by atoms with Crippen LogP contribution in [0.2, 0.25) is 0 Å². The van der Waals surface area contributed by atoms with E-state index >= 15 is 0 Å². The maximum absolute atomic E-state index is 5.21. The van der Waals surface area contributed by atoms with Gasteiger partial charge in [-0.15, -0.1) is 0 Å². The summed E-state index contributed by atoms with van der Waals surface area (Å²) in [5, 5.41) is 3.37. The lowest BCUT2D eigenvalue weighted by Crippen LogP contribution is -2.09. The van der Waals surface area contributed by atoms with Crippen LogP contribution < -0.4 is 10.1 Å². The van der Waals surface area contributed by atoms with E-state index in [1.54, 1.807) is 7.11 Å². The van der Waals surface area contributed by atoms with Crippen LogP contribution in [0.5, 0.6) is 5.88 Å². The van der Waals surface area contributed by atoms with Gasteiger partial charge < -0.3 is 10.1 Å². The molecule has 14 heavy (non-hydrogen) atoms. The molecule has 0 saturated carbocycles. The van der Waals surface area contributed by atoms with Crippen molar-refractivity contribution in [3.05, 3.63) is 23.4 Å². The number of pyridine rings is 1. The van der Waals surface area contributed by atoms with Gasteiger partial charge in [-0.3, -0.25) is 0 Å². The van der Waals surface area contributed by atoms with Crippen molar-refractivity contribution in [3.63, 3.8) is 0 Å². The Morgan fingerprint density at radius 1 is 1.57 bits per heavy atom. The average molecular weight is 192 g/mol. The number of nitrogens with zero attached hydrogens (tertiary/aromatic N) is 1. The third-order valence-corrected chi connectivity index (χ3v) is 2.89. The van der Waals surface area contributed by atoms with Gasteiger partial charge in [0, 0.05) is 18.3 Å². The quantitative estimate of drug-likeness (QED) is 0.770. The molecule has 1 N–H and O–H groups in total. The van der Waals surface area contributed by atoms with Crippen molar-refractivity contribution in [2.75, 3.05) is 20.2 Å². The molecule has 0 amide bonds. The molecular weight excluding hydrogens is 176 g/mol. The Hall–Kier alpha value is -1.09. The molecule has 0 bridgehead atoms. The topological polar surface area (TPSA) is 34.1 Å². The number of hydrogen-bond acceptors (Lipinski definition) is 3. The van der Waals surface area contributed by atoms with Gasteiger partial charge in [-0.25, -0.2) is 4.98 Å². The van der Waals surface area contributed by atoms with Crippen LogP contribution in [0.1, 0.15) is 23.5 Å². The zero-order valence-corrected chi connectivity index (χ0v) is 8.71. The molecule has 0 spiro atoms. The summed E-state index contributed by atoms with van der Waals surface area (Å²) in [7, 11) is 1.67. The van der Waals surface area contributed by atoms with E-state index < -0.39 is 0 Å². The molecule has 0 aliphatic carbocycles. The van der Waals surface area contributed by atoms with Gasteiger partial charge in [0.2, 0.25) is 5.88 Å². The van der Waals surface area contributed by atoms with Crippen LogP contribution in [0, 0.1) is 6.92 Å². The monoisotopic (exact) mass is 192 g/mol. The fraction of sp³-hybridized carbons (Fsp3) is 0.545. The van der Waals surface area contributed by atoms with Crippen molar-refractivity contribution in [3.8, 4) is 5.88 Å². The molecule has 3 nitrogen and oxygen atoms in total. The maximum Gasteiger partial charge on any atom is 0.216 e. The number of hydrogen-bond donors (Lipinski definition) is 1. The molecule has 1 atom stereocenters. The van der Waals surface area contributed by atoms with Crippen LogP contribution in [0.25, 0.3) is 0 Å². The van der Waals surface area contributed by atoms with E-state index in [9.17, 15) is 0 Å². The average Bonchev–Trinajstić information content (AvgIpc) is 2.71. The van der Waals surface area contributed by atoms with E-state index in [4.69, 9.17) is 4.74 Å². The lowest BCUT2D eigenvalue weighted by Gasteiger charge is -2.13. The SMILES string of the molecule is COc1nccc([C@@H]2CCNC2)c1C. The molecule has 1 aromatic rings. The number of methoxy groups -OCH3 is 1. The maximum atomic E-state index is 5.21. The van der Waals surface area contributed by atoms with Crippen LogP contribution in [-0.2, 0) is 0 Å². The summed E-state index contributed by atoms with van der Waals surface area (Å²) in [6.07, 6.45) is 3.05. The molecule has 1 aliphatic rings. The molecule has 0 aromatic carbocycles. The van der Waals surface area contributed by atoms with E-state index in [2.05, 4.69) is 23.3 Å². The van der Waals surface area contributed by atoms with Gasteiger partial charge >= 0.3 is 0 Å². The first kappa shape index (κ1) is 9.46. The highest BCUT2D eigenvalue weighted by molar-refractivity contribution is 5.36. The van der Waals surface area contributed by atoms with Gasteiger partial charge in [0.15, 0.2) is 0 Å². The van der Waals surface area contributed by atoms with E-state index in [1.807, 2.05) is 6.20 Å². The second-order valence-corrected chi connectivity index (χ2v) is 3.72. The van der Waals surface area contributed by atoms with Gasteiger partial charge in [-0.05, 0) is 37.4 Å². The highest BCUT2D eigenvalue weighted by atomic mass is 16.5. The van der Waals surface area contributed by atoms with Crippen molar-refractivity contribution in [2.24, 2.45) is 0 Å². The van der Waals surface area contributed by atoms with Gasteiger partial charge in [-0.2, -0.15) is 0 Å². The van der Waals surface area contributed by atoms with Crippen LogP contribution in [-0.4, -0.2) is 25.2 Å². The Kier molecular flexibility index (Phi) is 2.68. The van der Waals surface area contributed by atoms with E-state index in [-0.39, 0.29) is 0 Å². The zero-order valence-electron chi connectivity index (χ0n) is 8.71. The fourth-order valence-corrected chi connectivity index (χ4v) is 2.10. The van der Waals surface area contributed by atoms with Crippen molar-refractivity contribution in [1.29, 1.82) is 0 Å². The lowest BCUT2D eigenvalue weighted by atomic mass is 9.95. The van der Waals surface area contributed by atoms with Gasteiger partial charge in [0.1, 0.15) is 0 Å². The Bertz CT molecular complexity index is 319.